The van der Waals surface area contributed by atoms with Crippen LogP contribution in [0.15, 0.2) is 4.79 Å². The van der Waals surface area contributed by atoms with E-state index in [1.165, 1.54) is 27.8 Å². The number of aromatic nitrogens is 2. The van der Waals surface area contributed by atoms with Crippen molar-refractivity contribution in [2.24, 2.45) is 13.0 Å². The Morgan fingerprint density at radius 2 is 2.06 bits per heavy atom. The highest BCUT2D eigenvalue weighted by atomic mass is 19.3. The minimum absolute atomic E-state index is 0.105. The Morgan fingerprint density at radius 1 is 1.50 bits per heavy atom. The number of rotatable bonds is 4. The molecule has 0 aliphatic rings. The normalized spacial score (nSPS) is 11.9. The summed E-state index contributed by atoms with van der Waals surface area (Å²) in [5.74, 6) is -4.47. The maximum absolute atomic E-state index is 14.0. The summed E-state index contributed by atoms with van der Waals surface area (Å²) in [6, 6.07) is 0. The molecule has 0 saturated carbocycles. The SMILES string of the molecule is CC(=O)NCc1c(C(F)(F)C(C)C)[nH]n(C)c1=O. The Balaban J connectivity index is 3.24. The van der Waals surface area contributed by atoms with E-state index in [1.54, 1.807) is 0 Å². The molecule has 18 heavy (non-hydrogen) atoms. The van der Waals surface area contributed by atoms with Gasteiger partial charge in [0.1, 0.15) is 5.69 Å². The molecule has 1 aromatic heterocycles. The molecule has 0 saturated heterocycles. The van der Waals surface area contributed by atoms with Crippen LogP contribution >= 0.6 is 0 Å². The highest BCUT2D eigenvalue weighted by Crippen LogP contribution is 2.35. The number of aryl methyl sites for hydroxylation is 1. The first-order valence-electron chi connectivity index (χ1n) is 5.58. The van der Waals surface area contributed by atoms with Crippen molar-refractivity contribution in [2.75, 3.05) is 0 Å². The molecular formula is C11H17F2N3O2. The van der Waals surface area contributed by atoms with Crippen LogP contribution in [-0.4, -0.2) is 15.7 Å². The third-order valence-electron chi connectivity index (χ3n) is 2.72. The molecular weight excluding hydrogens is 244 g/mol. The summed E-state index contributed by atoms with van der Waals surface area (Å²) in [6.45, 7) is 3.79. The van der Waals surface area contributed by atoms with Crippen LogP contribution in [0.3, 0.4) is 0 Å². The number of H-pyrrole nitrogens is 1. The Labute approximate surface area is 103 Å². The fraction of sp³-hybridized carbons (Fsp3) is 0.636. The summed E-state index contributed by atoms with van der Waals surface area (Å²) in [7, 11) is 1.36. The fourth-order valence-electron chi connectivity index (χ4n) is 1.54. The lowest BCUT2D eigenvalue weighted by atomic mass is 10.00. The van der Waals surface area contributed by atoms with Crippen molar-refractivity contribution in [2.45, 2.75) is 33.2 Å². The van der Waals surface area contributed by atoms with E-state index >= 15 is 0 Å². The second-order valence-corrected chi connectivity index (χ2v) is 4.52. The number of carbonyl (C=O) groups is 1. The lowest BCUT2D eigenvalue weighted by Crippen LogP contribution is -2.28. The number of nitrogens with one attached hydrogen (secondary N) is 2. The van der Waals surface area contributed by atoms with Crippen molar-refractivity contribution in [3.8, 4) is 0 Å². The monoisotopic (exact) mass is 261 g/mol. The van der Waals surface area contributed by atoms with Crippen molar-refractivity contribution in [1.29, 1.82) is 0 Å². The van der Waals surface area contributed by atoms with E-state index in [0.29, 0.717) is 0 Å². The molecule has 1 rings (SSSR count). The molecule has 0 fully saturated rings. The van der Waals surface area contributed by atoms with Crippen molar-refractivity contribution in [1.82, 2.24) is 15.1 Å². The molecule has 0 aliphatic heterocycles. The molecule has 0 radical (unpaired) electrons. The molecule has 1 amide bonds. The number of aromatic amines is 1. The summed E-state index contributed by atoms with van der Waals surface area (Å²) in [6.07, 6.45) is 0. The van der Waals surface area contributed by atoms with Gasteiger partial charge in [0.25, 0.3) is 11.5 Å². The predicted octanol–water partition coefficient (Wildman–Crippen LogP) is 1.10. The van der Waals surface area contributed by atoms with Gasteiger partial charge in [-0.3, -0.25) is 19.4 Å². The van der Waals surface area contributed by atoms with Gasteiger partial charge in [0.2, 0.25) is 5.91 Å². The average molecular weight is 261 g/mol. The van der Waals surface area contributed by atoms with E-state index in [-0.39, 0.29) is 18.0 Å². The minimum Gasteiger partial charge on any atom is -0.352 e. The maximum Gasteiger partial charge on any atom is 0.291 e. The molecule has 0 aromatic carbocycles. The molecule has 1 heterocycles. The summed E-state index contributed by atoms with van der Waals surface area (Å²) in [4.78, 5) is 22.5. The first-order valence-corrected chi connectivity index (χ1v) is 5.58. The number of halogens is 2. The van der Waals surface area contributed by atoms with Gasteiger partial charge in [-0.25, -0.2) is 0 Å². The van der Waals surface area contributed by atoms with Gasteiger partial charge in [-0.1, -0.05) is 13.8 Å². The van der Waals surface area contributed by atoms with Crippen LogP contribution in [0.1, 0.15) is 32.0 Å². The molecule has 0 atom stereocenters. The van der Waals surface area contributed by atoms with Crippen LogP contribution in [0.5, 0.6) is 0 Å². The highest BCUT2D eigenvalue weighted by Gasteiger charge is 2.40. The van der Waals surface area contributed by atoms with Gasteiger partial charge in [-0.15, -0.1) is 0 Å². The molecule has 1 aromatic rings. The predicted molar refractivity (Wildman–Crippen MR) is 62.3 cm³/mol. The summed E-state index contributed by atoms with van der Waals surface area (Å²) in [5, 5.41) is 4.72. The van der Waals surface area contributed by atoms with Gasteiger partial charge >= 0.3 is 0 Å². The first-order chi connectivity index (χ1) is 8.17. The van der Waals surface area contributed by atoms with Crippen molar-refractivity contribution >= 4 is 5.91 Å². The first kappa shape index (κ1) is 14.4. The van der Waals surface area contributed by atoms with Gasteiger partial charge in [0.05, 0.1) is 12.1 Å². The molecule has 5 nitrogen and oxygen atoms in total. The van der Waals surface area contributed by atoms with Gasteiger partial charge in [-0.05, 0) is 0 Å². The summed E-state index contributed by atoms with van der Waals surface area (Å²) >= 11 is 0. The van der Waals surface area contributed by atoms with E-state index in [1.807, 2.05) is 0 Å². The molecule has 102 valence electrons. The topological polar surface area (TPSA) is 66.9 Å². The van der Waals surface area contributed by atoms with Crippen molar-refractivity contribution < 1.29 is 13.6 Å². The van der Waals surface area contributed by atoms with E-state index in [2.05, 4.69) is 10.4 Å². The quantitative estimate of drug-likeness (QED) is 0.852. The smallest absolute Gasteiger partial charge is 0.291 e. The maximum atomic E-state index is 14.0. The van der Waals surface area contributed by atoms with E-state index in [0.717, 1.165) is 4.68 Å². The van der Waals surface area contributed by atoms with Crippen LogP contribution in [-0.2, 0) is 24.3 Å². The number of carbonyl (C=O) groups excluding carboxylic acids is 1. The van der Waals surface area contributed by atoms with Crippen LogP contribution in [0, 0.1) is 5.92 Å². The van der Waals surface area contributed by atoms with E-state index in [4.69, 9.17) is 0 Å². The zero-order chi connectivity index (χ0) is 14.1. The third-order valence-corrected chi connectivity index (χ3v) is 2.72. The van der Waals surface area contributed by atoms with Crippen LogP contribution in [0.4, 0.5) is 8.78 Å². The minimum atomic E-state index is -3.14. The lowest BCUT2D eigenvalue weighted by molar-refractivity contribution is -0.119. The van der Waals surface area contributed by atoms with Crippen LogP contribution in [0.25, 0.3) is 0 Å². The second kappa shape index (κ2) is 4.91. The molecule has 0 spiro atoms. The fourth-order valence-corrected chi connectivity index (χ4v) is 1.54. The number of hydrogen-bond donors (Lipinski definition) is 2. The Bertz CT molecular complexity index is 503. The Hall–Kier alpha value is -1.66. The third kappa shape index (κ3) is 2.60. The zero-order valence-corrected chi connectivity index (χ0v) is 10.8. The second-order valence-electron chi connectivity index (χ2n) is 4.52. The number of hydrogen-bond acceptors (Lipinski definition) is 2. The molecule has 0 unspecified atom stereocenters. The number of nitrogens with zero attached hydrogens (tertiary/aromatic N) is 1. The average Bonchev–Trinajstić information content (AvgIpc) is 2.53. The Kier molecular flexibility index (Phi) is 3.93. The standard InChI is InChI=1S/C11H17F2N3O2/c1-6(2)11(12,13)9-8(5-14-7(3)17)10(18)16(4)15-9/h6,15H,5H2,1-4H3,(H,14,17). The number of amides is 1. The summed E-state index contributed by atoms with van der Waals surface area (Å²) < 4.78 is 28.9. The molecule has 0 aliphatic carbocycles. The van der Waals surface area contributed by atoms with Crippen molar-refractivity contribution in [3.05, 3.63) is 21.6 Å². The van der Waals surface area contributed by atoms with Crippen LogP contribution in [0.2, 0.25) is 0 Å². The number of alkyl halides is 2. The summed E-state index contributed by atoms with van der Waals surface area (Å²) in [5.41, 5.74) is -1.09. The largest absolute Gasteiger partial charge is 0.352 e. The van der Waals surface area contributed by atoms with Gasteiger partial charge in [-0.2, -0.15) is 8.78 Å². The lowest BCUT2D eigenvalue weighted by Gasteiger charge is -2.20. The molecule has 2 N–H and O–H groups in total. The van der Waals surface area contributed by atoms with Gasteiger partial charge < -0.3 is 5.32 Å². The van der Waals surface area contributed by atoms with Gasteiger partial charge in [0.15, 0.2) is 0 Å². The van der Waals surface area contributed by atoms with E-state index in [9.17, 15) is 18.4 Å². The van der Waals surface area contributed by atoms with Crippen LogP contribution < -0.4 is 10.9 Å². The van der Waals surface area contributed by atoms with Gasteiger partial charge in [0, 0.05) is 19.9 Å². The Morgan fingerprint density at radius 3 is 2.50 bits per heavy atom. The van der Waals surface area contributed by atoms with E-state index < -0.39 is 23.1 Å². The molecule has 7 heteroatoms. The highest BCUT2D eigenvalue weighted by molar-refractivity contribution is 5.72. The zero-order valence-electron chi connectivity index (χ0n) is 10.8. The molecule has 0 bridgehead atoms. The van der Waals surface area contributed by atoms with Crippen molar-refractivity contribution in [3.63, 3.8) is 0 Å².